The zero-order chi connectivity index (χ0) is 14.5. The van der Waals surface area contributed by atoms with Gasteiger partial charge in [0.15, 0.2) is 0 Å². The molecule has 0 unspecified atom stereocenters. The Morgan fingerprint density at radius 1 is 1.40 bits per heavy atom. The number of aromatic nitrogens is 1. The lowest BCUT2D eigenvalue weighted by molar-refractivity contribution is 0.102. The Hall–Kier alpha value is -2.56. The van der Waals surface area contributed by atoms with E-state index in [1.54, 1.807) is 36.7 Å². The van der Waals surface area contributed by atoms with Gasteiger partial charge in [0.05, 0.1) is 6.61 Å². The maximum absolute atomic E-state index is 12.4. The highest BCUT2D eigenvalue weighted by atomic mass is 16.5. The molecular weight excluding hydrogens is 254 g/mol. The van der Waals surface area contributed by atoms with Crippen LogP contribution in [-0.4, -0.2) is 17.5 Å². The lowest BCUT2D eigenvalue weighted by Gasteiger charge is -2.13. The van der Waals surface area contributed by atoms with Crippen molar-refractivity contribution in [2.75, 3.05) is 17.7 Å². The molecule has 104 valence electrons. The van der Waals surface area contributed by atoms with E-state index in [4.69, 9.17) is 10.5 Å². The molecule has 0 aliphatic rings. The van der Waals surface area contributed by atoms with E-state index in [1.165, 1.54) is 0 Å². The number of pyridine rings is 1. The van der Waals surface area contributed by atoms with Crippen LogP contribution in [0.25, 0.3) is 0 Å². The van der Waals surface area contributed by atoms with Gasteiger partial charge in [-0.15, -0.1) is 0 Å². The Balaban J connectivity index is 2.32. The van der Waals surface area contributed by atoms with Gasteiger partial charge in [-0.05, 0) is 37.6 Å². The number of anilines is 2. The summed E-state index contributed by atoms with van der Waals surface area (Å²) in [6.07, 6.45) is 3.31. The quantitative estimate of drug-likeness (QED) is 0.838. The van der Waals surface area contributed by atoms with Crippen LogP contribution in [0.3, 0.4) is 0 Å². The SMILES string of the molecule is CCOc1cccc(N)c1C(=O)Nc1ccncc1C. The summed E-state index contributed by atoms with van der Waals surface area (Å²) in [4.78, 5) is 16.4. The van der Waals surface area contributed by atoms with E-state index >= 15 is 0 Å². The number of carbonyl (C=O) groups excluding carboxylic acids is 1. The first kappa shape index (κ1) is 13.9. The zero-order valence-electron chi connectivity index (χ0n) is 11.5. The number of amides is 1. The maximum atomic E-state index is 12.4. The number of aryl methyl sites for hydroxylation is 1. The summed E-state index contributed by atoms with van der Waals surface area (Å²) in [6.45, 7) is 4.20. The predicted octanol–water partition coefficient (Wildman–Crippen LogP) is 2.62. The first-order valence-corrected chi connectivity index (χ1v) is 6.36. The van der Waals surface area contributed by atoms with E-state index in [1.807, 2.05) is 13.8 Å². The summed E-state index contributed by atoms with van der Waals surface area (Å²) in [5.41, 5.74) is 8.22. The van der Waals surface area contributed by atoms with Gasteiger partial charge in [0.25, 0.3) is 5.91 Å². The van der Waals surface area contributed by atoms with E-state index in [0.29, 0.717) is 29.3 Å². The molecule has 1 aromatic carbocycles. The lowest BCUT2D eigenvalue weighted by atomic mass is 10.1. The van der Waals surface area contributed by atoms with Crippen LogP contribution in [0.5, 0.6) is 5.75 Å². The zero-order valence-corrected chi connectivity index (χ0v) is 11.5. The smallest absolute Gasteiger partial charge is 0.261 e. The number of nitrogens with two attached hydrogens (primary N) is 1. The van der Waals surface area contributed by atoms with E-state index in [9.17, 15) is 4.79 Å². The van der Waals surface area contributed by atoms with Crippen molar-refractivity contribution < 1.29 is 9.53 Å². The van der Waals surface area contributed by atoms with E-state index in [0.717, 1.165) is 5.56 Å². The van der Waals surface area contributed by atoms with Crippen molar-refractivity contribution in [1.29, 1.82) is 0 Å². The van der Waals surface area contributed by atoms with Crippen LogP contribution < -0.4 is 15.8 Å². The standard InChI is InChI=1S/C15H17N3O2/c1-3-20-13-6-4-5-11(16)14(13)15(19)18-12-7-8-17-9-10(12)2/h4-9H,3,16H2,1-2H3,(H,17,18,19). The first-order chi connectivity index (χ1) is 9.63. The van der Waals surface area contributed by atoms with Crippen LogP contribution in [0, 0.1) is 6.92 Å². The highest BCUT2D eigenvalue weighted by Gasteiger charge is 2.16. The third kappa shape index (κ3) is 2.88. The third-order valence-electron chi connectivity index (χ3n) is 2.85. The van der Waals surface area contributed by atoms with Crippen molar-refractivity contribution >= 4 is 17.3 Å². The third-order valence-corrected chi connectivity index (χ3v) is 2.85. The van der Waals surface area contributed by atoms with E-state index in [-0.39, 0.29) is 5.91 Å². The average Bonchev–Trinajstić information content (AvgIpc) is 2.42. The molecular formula is C15H17N3O2. The summed E-state index contributed by atoms with van der Waals surface area (Å²) in [5, 5.41) is 2.83. The van der Waals surface area contributed by atoms with Gasteiger partial charge < -0.3 is 15.8 Å². The number of ether oxygens (including phenoxy) is 1. The monoisotopic (exact) mass is 271 g/mol. The van der Waals surface area contributed by atoms with Gasteiger partial charge in [0.1, 0.15) is 11.3 Å². The summed E-state index contributed by atoms with van der Waals surface area (Å²) >= 11 is 0. The molecule has 1 aromatic heterocycles. The van der Waals surface area contributed by atoms with E-state index < -0.39 is 0 Å². The first-order valence-electron chi connectivity index (χ1n) is 6.36. The highest BCUT2D eigenvalue weighted by Crippen LogP contribution is 2.26. The largest absolute Gasteiger partial charge is 0.493 e. The topological polar surface area (TPSA) is 77.2 Å². The maximum Gasteiger partial charge on any atom is 0.261 e. The molecule has 5 heteroatoms. The van der Waals surface area contributed by atoms with Gasteiger partial charge >= 0.3 is 0 Å². The van der Waals surface area contributed by atoms with Crippen molar-refractivity contribution in [2.45, 2.75) is 13.8 Å². The minimum atomic E-state index is -0.291. The molecule has 0 spiro atoms. The molecule has 0 saturated carbocycles. The lowest BCUT2D eigenvalue weighted by Crippen LogP contribution is -2.16. The van der Waals surface area contributed by atoms with Crippen LogP contribution in [0.2, 0.25) is 0 Å². The highest BCUT2D eigenvalue weighted by molar-refractivity contribution is 6.10. The Morgan fingerprint density at radius 3 is 2.90 bits per heavy atom. The molecule has 0 aliphatic heterocycles. The van der Waals surface area contributed by atoms with Crippen molar-refractivity contribution in [1.82, 2.24) is 4.98 Å². The Bertz CT molecular complexity index is 626. The van der Waals surface area contributed by atoms with Gasteiger partial charge in [0, 0.05) is 23.8 Å². The molecule has 0 saturated heterocycles. The molecule has 1 amide bonds. The summed E-state index contributed by atoms with van der Waals surface area (Å²) in [6, 6.07) is 6.91. The molecule has 0 bridgehead atoms. The summed E-state index contributed by atoms with van der Waals surface area (Å²) in [7, 11) is 0. The number of carbonyl (C=O) groups is 1. The molecule has 3 N–H and O–H groups in total. The second kappa shape index (κ2) is 6.06. The number of nitrogens with zero attached hydrogens (tertiary/aromatic N) is 1. The molecule has 2 rings (SSSR count). The second-order valence-electron chi connectivity index (χ2n) is 4.30. The van der Waals surface area contributed by atoms with Gasteiger partial charge in [0.2, 0.25) is 0 Å². The average molecular weight is 271 g/mol. The fraction of sp³-hybridized carbons (Fsp3) is 0.200. The minimum Gasteiger partial charge on any atom is -0.493 e. The number of rotatable bonds is 4. The fourth-order valence-electron chi connectivity index (χ4n) is 1.87. The molecule has 20 heavy (non-hydrogen) atoms. The van der Waals surface area contributed by atoms with Crippen molar-refractivity contribution in [2.24, 2.45) is 0 Å². The van der Waals surface area contributed by atoms with Crippen molar-refractivity contribution in [3.63, 3.8) is 0 Å². The summed E-state index contributed by atoms with van der Waals surface area (Å²) < 4.78 is 5.45. The molecule has 0 fully saturated rings. The van der Waals surface area contributed by atoms with Gasteiger partial charge in [-0.1, -0.05) is 6.07 Å². The van der Waals surface area contributed by atoms with Crippen molar-refractivity contribution in [3.05, 3.63) is 47.8 Å². The van der Waals surface area contributed by atoms with Gasteiger partial charge in [-0.25, -0.2) is 0 Å². The van der Waals surface area contributed by atoms with Gasteiger partial charge in [-0.3, -0.25) is 9.78 Å². The van der Waals surface area contributed by atoms with Crippen LogP contribution in [0.15, 0.2) is 36.7 Å². The Morgan fingerprint density at radius 2 is 2.20 bits per heavy atom. The van der Waals surface area contributed by atoms with E-state index in [2.05, 4.69) is 10.3 Å². The van der Waals surface area contributed by atoms with Crippen LogP contribution in [0.1, 0.15) is 22.8 Å². The van der Waals surface area contributed by atoms with Crippen molar-refractivity contribution in [3.8, 4) is 5.75 Å². The molecule has 1 heterocycles. The molecule has 0 atom stereocenters. The predicted molar refractivity (Wildman–Crippen MR) is 79.0 cm³/mol. The van der Waals surface area contributed by atoms with Crippen LogP contribution in [0.4, 0.5) is 11.4 Å². The number of benzene rings is 1. The van der Waals surface area contributed by atoms with Gasteiger partial charge in [-0.2, -0.15) is 0 Å². The molecule has 5 nitrogen and oxygen atoms in total. The number of nitrogen functional groups attached to an aromatic ring is 1. The number of hydrogen-bond acceptors (Lipinski definition) is 4. The normalized spacial score (nSPS) is 10.1. The Kier molecular flexibility index (Phi) is 4.20. The number of nitrogens with one attached hydrogen (secondary N) is 1. The minimum absolute atomic E-state index is 0.291. The Labute approximate surface area is 117 Å². The fourth-order valence-corrected chi connectivity index (χ4v) is 1.87. The van der Waals surface area contributed by atoms with Crippen LogP contribution in [-0.2, 0) is 0 Å². The molecule has 0 radical (unpaired) electrons. The number of hydrogen-bond donors (Lipinski definition) is 2. The summed E-state index contributed by atoms with van der Waals surface area (Å²) in [5.74, 6) is 0.192. The molecule has 2 aromatic rings. The second-order valence-corrected chi connectivity index (χ2v) is 4.30. The molecule has 0 aliphatic carbocycles. The van der Waals surface area contributed by atoms with Crippen LogP contribution >= 0.6 is 0 Å².